The molecule has 0 radical (unpaired) electrons. The third kappa shape index (κ3) is 4.23. The van der Waals surface area contributed by atoms with Crippen LogP contribution in [0.15, 0.2) is 18.2 Å². The molecule has 3 heteroatoms. The number of rotatable bonds is 6. The van der Waals surface area contributed by atoms with Crippen LogP contribution in [0, 0.1) is 18.8 Å². The fourth-order valence-corrected chi connectivity index (χ4v) is 3.79. The Morgan fingerprint density at radius 2 is 1.95 bits per heavy atom. The van der Waals surface area contributed by atoms with Gasteiger partial charge in [0.1, 0.15) is 5.75 Å². The number of aryl methyl sites for hydroxylation is 1. The minimum absolute atomic E-state index is 0.478. The predicted molar refractivity (Wildman–Crippen MR) is 93.5 cm³/mol. The molecule has 0 spiro atoms. The van der Waals surface area contributed by atoms with Crippen LogP contribution in [-0.4, -0.2) is 38.2 Å². The summed E-state index contributed by atoms with van der Waals surface area (Å²) >= 11 is 0. The third-order valence-electron chi connectivity index (χ3n) is 4.93. The van der Waals surface area contributed by atoms with Crippen molar-refractivity contribution in [1.82, 2.24) is 4.90 Å². The maximum absolute atomic E-state index is 6.13. The first-order valence-corrected chi connectivity index (χ1v) is 8.62. The summed E-state index contributed by atoms with van der Waals surface area (Å²) in [6, 6.07) is 6.54. The lowest BCUT2D eigenvalue weighted by atomic mass is 9.79. The second-order valence-corrected chi connectivity index (χ2v) is 7.10. The van der Waals surface area contributed by atoms with Crippen LogP contribution in [0.4, 0.5) is 0 Å². The molecule has 124 valence electrons. The molecule has 3 nitrogen and oxygen atoms in total. The van der Waals surface area contributed by atoms with Crippen LogP contribution < -0.4 is 10.5 Å². The normalized spacial score (nSPS) is 18.6. The van der Waals surface area contributed by atoms with E-state index >= 15 is 0 Å². The summed E-state index contributed by atoms with van der Waals surface area (Å²) in [7, 11) is 1.73. The highest BCUT2D eigenvalue weighted by atomic mass is 16.5. The first-order chi connectivity index (χ1) is 10.5. The molecule has 0 aliphatic carbocycles. The predicted octanol–water partition coefficient (Wildman–Crippen LogP) is 3.41. The van der Waals surface area contributed by atoms with Gasteiger partial charge in [0.05, 0.1) is 7.11 Å². The Labute approximate surface area is 135 Å². The number of methoxy groups -OCH3 is 1. The van der Waals surface area contributed by atoms with Gasteiger partial charge >= 0.3 is 0 Å². The first kappa shape index (κ1) is 17.3. The molecule has 0 saturated carbocycles. The van der Waals surface area contributed by atoms with Gasteiger partial charge in [0.25, 0.3) is 0 Å². The van der Waals surface area contributed by atoms with E-state index in [-0.39, 0.29) is 0 Å². The largest absolute Gasteiger partial charge is 0.496 e. The zero-order chi connectivity index (χ0) is 16.1. The van der Waals surface area contributed by atoms with Crippen LogP contribution in [0.25, 0.3) is 0 Å². The van der Waals surface area contributed by atoms with Crippen molar-refractivity contribution in [2.75, 3.05) is 33.3 Å². The van der Waals surface area contributed by atoms with E-state index in [0.717, 1.165) is 18.2 Å². The van der Waals surface area contributed by atoms with E-state index in [1.807, 2.05) is 0 Å². The Morgan fingerprint density at radius 3 is 2.45 bits per heavy atom. The van der Waals surface area contributed by atoms with Crippen molar-refractivity contribution in [3.8, 4) is 5.75 Å². The van der Waals surface area contributed by atoms with Gasteiger partial charge in [-0.2, -0.15) is 0 Å². The van der Waals surface area contributed by atoms with E-state index in [0.29, 0.717) is 11.8 Å². The summed E-state index contributed by atoms with van der Waals surface area (Å²) in [6.07, 6.45) is 2.53. The number of hydrogen-bond donors (Lipinski definition) is 1. The molecule has 1 aromatic carbocycles. The maximum atomic E-state index is 6.13. The van der Waals surface area contributed by atoms with E-state index in [2.05, 4.69) is 43.9 Å². The molecule has 2 rings (SSSR count). The summed E-state index contributed by atoms with van der Waals surface area (Å²) in [5, 5.41) is 0. The van der Waals surface area contributed by atoms with Crippen LogP contribution in [0.5, 0.6) is 5.75 Å². The third-order valence-corrected chi connectivity index (χ3v) is 4.93. The number of hydrogen-bond acceptors (Lipinski definition) is 3. The lowest BCUT2D eigenvalue weighted by molar-refractivity contribution is 0.155. The monoisotopic (exact) mass is 304 g/mol. The molecular formula is C19H32N2O. The summed E-state index contributed by atoms with van der Waals surface area (Å²) in [5.74, 6) is 2.91. The fourth-order valence-electron chi connectivity index (χ4n) is 3.79. The number of likely N-dealkylation sites (tertiary alicyclic amines) is 1. The summed E-state index contributed by atoms with van der Waals surface area (Å²) in [5.41, 5.74) is 8.71. The number of ether oxygens (including phenoxy) is 1. The lowest BCUT2D eigenvalue weighted by Crippen LogP contribution is -2.38. The summed E-state index contributed by atoms with van der Waals surface area (Å²) in [6.45, 7) is 11.1. The van der Waals surface area contributed by atoms with Gasteiger partial charge < -0.3 is 15.4 Å². The second-order valence-electron chi connectivity index (χ2n) is 7.10. The quantitative estimate of drug-likeness (QED) is 0.875. The van der Waals surface area contributed by atoms with Crippen molar-refractivity contribution in [3.05, 3.63) is 29.3 Å². The average Bonchev–Trinajstić information content (AvgIpc) is 2.49. The molecule has 0 amide bonds. The van der Waals surface area contributed by atoms with Gasteiger partial charge in [-0.1, -0.05) is 26.0 Å². The van der Waals surface area contributed by atoms with Crippen molar-refractivity contribution in [3.63, 3.8) is 0 Å². The molecule has 1 aromatic rings. The molecule has 22 heavy (non-hydrogen) atoms. The number of piperidine rings is 1. The van der Waals surface area contributed by atoms with Gasteiger partial charge in [-0.3, -0.25) is 0 Å². The van der Waals surface area contributed by atoms with Crippen LogP contribution >= 0.6 is 0 Å². The minimum atomic E-state index is 0.478. The van der Waals surface area contributed by atoms with Crippen LogP contribution in [-0.2, 0) is 0 Å². The Balaban J connectivity index is 2.02. The van der Waals surface area contributed by atoms with Crippen molar-refractivity contribution in [2.45, 2.75) is 39.5 Å². The smallest absolute Gasteiger partial charge is 0.121 e. The topological polar surface area (TPSA) is 38.5 Å². The van der Waals surface area contributed by atoms with E-state index in [9.17, 15) is 0 Å². The van der Waals surface area contributed by atoms with Crippen molar-refractivity contribution < 1.29 is 4.74 Å². The lowest BCUT2D eigenvalue weighted by Gasteiger charge is -2.36. The molecule has 1 aliphatic rings. The Kier molecular flexibility index (Phi) is 6.27. The molecule has 1 saturated heterocycles. The van der Waals surface area contributed by atoms with Gasteiger partial charge in [0.15, 0.2) is 0 Å². The molecule has 1 fully saturated rings. The van der Waals surface area contributed by atoms with Crippen LogP contribution in [0.1, 0.15) is 43.7 Å². The summed E-state index contributed by atoms with van der Waals surface area (Å²) < 4.78 is 5.37. The number of nitrogens with two attached hydrogens (primary N) is 1. The van der Waals surface area contributed by atoms with Gasteiger partial charge in [-0.15, -0.1) is 0 Å². The molecule has 0 aromatic heterocycles. The average molecular weight is 304 g/mol. The van der Waals surface area contributed by atoms with E-state index in [1.165, 1.54) is 43.6 Å². The van der Waals surface area contributed by atoms with Crippen LogP contribution in [0.2, 0.25) is 0 Å². The molecule has 1 atom stereocenters. The molecule has 2 N–H and O–H groups in total. The first-order valence-electron chi connectivity index (χ1n) is 8.62. The van der Waals surface area contributed by atoms with Crippen molar-refractivity contribution in [1.29, 1.82) is 0 Å². The van der Waals surface area contributed by atoms with Crippen molar-refractivity contribution >= 4 is 0 Å². The highest BCUT2D eigenvalue weighted by molar-refractivity contribution is 5.38. The van der Waals surface area contributed by atoms with Gasteiger partial charge in [-0.05, 0) is 74.3 Å². The Hall–Kier alpha value is -1.06. The number of benzene rings is 1. The minimum Gasteiger partial charge on any atom is -0.496 e. The molecular weight excluding hydrogens is 272 g/mol. The maximum Gasteiger partial charge on any atom is 0.121 e. The zero-order valence-electron chi connectivity index (χ0n) is 14.6. The van der Waals surface area contributed by atoms with Gasteiger partial charge in [-0.25, -0.2) is 0 Å². The van der Waals surface area contributed by atoms with E-state index in [4.69, 9.17) is 10.5 Å². The van der Waals surface area contributed by atoms with Gasteiger partial charge in [0, 0.05) is 6.54 Å². The van der Waals surface area contributed by atoms with Crippen LogP contribution in [0.3, 0.4) is 0 Å². The van der Waals surface area contributed by atoms with E-state index < -0.39 is 0 Å². The van der Waals surface area contributed by atoms with Gasteiger partial charge in [0.2, 0.25) is 0 Å². The fraction of sp³-hybridized carbons (Fsp3) is 0.684. The highest BCUT2D eigenvalue weighted by Gasteiger charge is 2.27. The standard InChI is InChI=1S/C19H32N2O/c1-14(2)13-21-9-7-16(8-10-21)18(12-20)17-5-6-19(22-4)15(3)11-17/h5-6,11,14,16,18H,7-10,12-13,20H2,1-4H3. The summed E-state index contributed by atoms with van der Waals surface area (Å²) in [4.78, 5) is 2.61. The number of nitrogens with zero attached hydrogens (tertiary/aromatic N) is 1. The molecule has 1 aliphatic heterocycles. The molecule has 1 heterocycles. The SMILES string of the molecule is COc1ccc(C(CN)C2CCN(CC(C)C)CC2)cc1C. The Morgan fingerprint density at radius 1 is 1.27 bits per heavy atom. The molecule has 0 bridgehead atoms. The van der Waals surface area contributed by atoms with Crippen molar-refractivity contribution in [2.24, 2.45) is 17.6 Å². The highest BCUT2D eigenvalue weighted by Crippen LogP contribution is 2.34. The Bertz CT molecular complexity index is 465. The zero-order valence-corrected chi connectivity index (χ0v) is 14.6. The molecule has 1 unspecified atom stereocenters. The van der Waals surface area contributed by atoms with E-state index in [1.54, 1.807) is 7.11 Å². The second kappa shape index (κ2) is 7.98.